The number of phosphoric acid groups is 4. The molecular formula is C72H90N16O41P4Si8-2. The van der Waals surface area contributed by atoms with Gasteiger partial charge >= 0.3 is 100 Å². The van der Waals surface area contributed by atoms with E-state index in [2.05, 4.69) is 52.0 Å². The molecule has 0 amide bonds. The van der Waals surface area contributed by atoms with E-state index < -0.39 is 255 Å². The number of benzene rings is 2. The second-order valence-corrected chi connectivity index (χ2v) is 52.2. The molecule has 6 aromatic heterocycles. The number of ketones is 1. The summed E-state index contributed by atoms with van der Waals surface area (Å²) in [6, 6.07) is 20.8. The lowest BCUT2D eigenvalue weighted by molar-refractivity contribution is -0.417. The molecule has 8 aromatic rings. The first-order chi connectivity index (χ1) is 67.7. The molecule has 0 saturated carbocycles. The van der Waals surface area contributed by atoms with Gasteiger partial charge in [0.25, 0.3) is 41.7 Å². The monoisotopic (exact) mass is 2180 g/mol. The van der Waals surface area contributed by atoms with Crippen molar-refractivity contribution in [2.24, 2.45) is 0 Å². The van der Waals surface area contributed by atoms with E-state index in [9.17, 15) is 77.7 Å². The molecule has 141 heavy (non-hydrogen) atoms. The average molecular weight is 2180 g/mol. The molecule has 2 aromatic carbocycles. The summed E-state index contributed by atoms with van der Waals surface area (Å²) in [6.45, 7) is -3.54. The maximum absolute atomic E-state index is 13.9. The number of nitrogens with two attached hydrogens (primary N) is 3. The topological polar surface area (TPSA) is 770 Å². The number of aromatic amines is 2. The number of hydrogen-bond donors (Lipinski definition) is 10. The van der Waals surface area contributed by atoms with Crippen LogP contribution in [0, 0.1) is 18.3 Å². The number of aliphatic hydroxyl groups excluding tert-OH is 5. The van der Waals surface area contributed by atoms with Gasteiger partial charge in [-0.05, 0) is 59.5 Å². The number of aryl methyl sites for hydroxylation is 1. The van der Waals surface area contributed by atoms with Gasteiger partial charge in [-0.1, -0.05) is 42.5 Å². The quantitative estimate of drug-likeness (QED) is 0.00838. The van der Waals surface area contributed by atoms with Crippen LogP contribution in [0.1, 0.15) is 80.1 Å². The number of aromatic nitrogens is 12. The molecule has 8 aliphatic rings. The van der Waals surface area contributed by atoms with Gasteiger partial charge < -0.3 is 149 Å². The first-order valence-corrected chi connectivity index (χ1v) is 59.4. The molecule has 69 heteroatoms. The second kappa shape index (κ2) is 48.0. The minimum atomic E-state index is -5.65. The van der Waals surface area contributed by atoms with Crippen LogP contribution in [-0.2, 0) is 123 Å². The zero-order chi connectivity index (χ0) is 100.0. The van der Waals surface area contributed by atoms with Crippen LogP contribution in [-0.4, -0.2) is 293 Å². The van der Waals surface area contributed by atoms with Gasteiger partial charge in [0.1, 0.15) is 79.0 Å². The van der Waals surface area contributed by atoms with Crippen LogP contribution >= 0.6 is 31.3 Å². The number of nitrogen functional groups attached to an aromatic ring is 3. The first kappa shape index (κ1) is 107. The van der Waals surface area contributed by atoms with Crippen LogP contribution in [0.4, 0.5) is 17.6 Å². The third kappa shape index (κ3) is 27.6. The highest BCUT2D eigenvalue weighted by atomic mass is 31.2. The Morgan fingerprint density at radius 1 is 0.617 bits per heavy atom. The Hall–Kier alpha value is -8.10. The summed E-state index contributed by atoms with van der Waals surface area (Å²) < 4.78 is 203. The summed E-state index contributed by atoms with van der Waals surface area (Å²) in [4.78, 5) is 119. The zero-order valence-electron chi connectivity index (χ0n) is 73.9. The van der Waals surface area contributed by atoms with E-state index in [4.69, 9.17) is 132 Å². The van der Waals surface area contributed by atoms with E-state index >= 15 is 0 Å². The van der Waals surface area contributed by atoms with Crippen molar-refractivity contribution in [3.05, 3.63) is 180 Å². The summed E-state index contributed by atoms with van der Waals surface area (Å²) in [6.07, 6.45) is -4.43. The van der Waals surface area contributed by atoms with Gasteiger partial charge in [-0.25, -0.2) is 34.1 Å². The molecule has 0 spiro atoms. The number of aliphatic hydroxyl groups is 5. The second-order valence-electron chi connectivity index (χ2n) is 31.0. The van der Waals surface area contributed by atoms with Gasteiger partial charge in [-0.3, -0.25) is 69.5 Å². The van der Waals surface area contributed by atoms with Crippen molar-refractivity contribution in [1.82, 2.24) is 58.1 Å². The van der Waals surface area contributed by atoms with E-state index in [1.54, 1.807) is 7.11 Å². The average Bonchev–Trinajstić information content (AvgIpc) is 1.75. The predicted molar refractivity (Wildman–Crippen MR) is 480 cm³/mol. The number of allylic oxidation sites excluding steroid dienone is 5. The summed E-state index contributed by atoms with van der Waals surface area (Å²) in [5, 5.41) is 59.7. The van der Waals surface area contributed by atoms with Crippen LogP contribution in [0.2, 0.25) is 18.1 Å². The number of ether oxygens (including phenoxy) is 5. The number of hydrogen-bond acceptors (Lipinski definition) is 50. The van der Waals surface area contributed by atoms with Crippen molar-refractivity contribution < 1.29 is 168 Å². The Kier molecular flexibility index (Phi) is 36.5. The maximum atomic E-state index is 13.9. The molecule has 758 valence electrons. The number of nitrogens with one attached hydrogen (secondary N) is 2. The van der Waals surface area contributed by atoms with Gasteiger partial charge in [0, 0.05) is 100 Å². The number of H-pyrrole nitrogens is 2. The van der Waals surface area contributed by atoms with Crippen molar-refractivity contribution in [2.45, 2.75) is 137 Å². The maximum Gasteiger partial charge on any atom is 0.551 e. The molecule has 1 aliphatic carbocycles. The van der Waals surface area contributed by atoms with Gasteiger partial charge in [0.2, 0.25) is 5.95 Å². The minimum absolute atomic E-state index is 0.0136. The van der Waals surface area contributed by atoms with Crippen LogP contribution in [0.25, 0.3) is 27.9 Å². The molecule has 7 saturated heterocycles. The van der Waals surface area contributed by atoms with Crippen LogP contribution in [0.3, 0.4) is 0 Å². The summed E-state index contributed by atoms with van der Waals surface area (Å²) in [7, 11) is -38.9. The Bertz CT molecular complexity index is 6310. The highest BCUT2D eigenvalue weighted by molar-refractivity contribution is 7.48. The third-order valence-corrected chi connectivity index (χ3v) is 45.2. The molecular weight excluding hydrogens is 2090 g/mol. The first-order valence-electron chi connectivity index (χ1n) is 42.6. The fourth-order valence-electron chi connectivity index (χ4n) is 14.9. The number of carbonyl (C=O) groups excluding carboxylic acids is 1. The number of nitriles is 1. The molecule has 6 unspecified atom stereocenters. The van der Waals surface area contributed by atoms with Crippen molar-refractivity contribution >= 4 is 158 Å². The molecule has 13 N–H and O–H groups in total. The van der Waals surface area contributed by atoms with Crippen LogP contribution in [0.5, 0.6) is 5.75 Å². The third-order valence-electron chi connectivity index (χ3n) is 21.4. The molecule has 7 aliphatic heterocycles. The lowest BCUT2D eigenvalue weighted by atomic mass is 9.91. The van der Waals surface area contributed by atoms with E-state index in [-0.39, 0.29) is 122 Å². The van der Waals surface area contributed by atoms with Gasteiger partial charge in [-0.2, -0.15) is 15.2 Å². The van der Waals surface area contributed by atoms with E-state index in [1.807, 2.05) is 72.8 Å². The van der Waals surface area contributed by atoms with Crippen LogP contribution < -0.4 is 59.1 Å². The smallest absolute Gasteiger partial charge is 0.551 e. The van der Waals surface area contributed by atoms with Crippen molar-refractivity contribution in [3.63, 3.8) is 0 Å². The number of fused-ring (bicyclic) bond motifs is 6. The highest BCUT2D eigenvalue weighted by Gasteiger charge is 2.63. The molecule has 4 bridgehead atoms. The van der Waals surface area contributed by atoms with Gasteiger partial charge in [-0.15, -0.1) is 0 Å². The van der Waals surface area contributed by atoms with Crippen molar-refractivity contribution in [1.29, 1.82) is 5.26 Å². The normalized spacial score (nSPS) is 27.0. The molecule has 8 radical (unpaired) electrons. The van der Waals surface area contributed by atoms with Crippen LogP contribution in [0.15, 0.2) is 141 Å². The summed E-state index contributed by atoms with van der Waals surface area (Å²) >= 11 is 0. The van der Waals surface area contributed by atoms with Crippen molar-refractivity contribution in [2.75, 3.05) is 96.6 Å². The van der Waals surface area contributed by atoms with E-state index in [1.165, 1.54) is 40.8 Å². The fraction of sp³-hybridized carbons (Fsp3) is 0.472. The molecule has 7 fully saturated rings. The molecule has 18 atom stereocenters. The van der Waals surface area contributed by atoms with Gasteiger partial charge in [0.05, 0.1) is 95.8 Å². The number of imidazole rings is 2. The number of nitrogens with zero attached hydrogens (tertiary/aromatic N) is 11. The van der Waals surface area contributed by atoms with Crippen molar-refractivity contribution in [3.8, 4) is 11.8 Å². The lowest BCUT2D eigenvalue weighted by Gasteiger charge is -2.45. The Balaban J connectivity index is 0.000000220. The predicted octanol–water partition coefficient (Wildman–Crippen LogP) is -2.26. The Morgan fingerprint density at radius 3 is 1.79 bits per heavy atom. The van der Waals surface area contributed by atoms with E-state index in [0.717, 1.165) is 49.8 Å². The molecule has 16 rings (SSSR count). The number of anilines is 3. The summed E-state index contributed by atoms with van der Waals surface area (Å²) in [5.41, 5.74) is 18.4. The number of phosphoric ester groups is 4. The number of rotatable bonds is 40. The Labute approximate surface area is 811 Å². The minimum Gasteiger partial charge on any atom is -0.756 e. The SMILES string of the molecule is C[O+]=C1C=CC(=C(c2ccccc2)c2ccc(OCCCOP(=O)(OCCC#N)OC[Si]3O[Si]O[Si]4O[Si]5O[Si]O[Si](CCO)O[Si](CCO)(O5)O[Si](CCO)(O3)O4)cc2)C=C1.Cc1cn([C@H]2C[C@@H](OP(=O)([O-])OC[C@H]3O[C@@H](n4cnc5c(=O)[nH]c(N)nc54)C[C@H]3OP(=O)([O-])OC[C@H]3O[C@@H](n4cnc5c(N)ncnc54)C[C@H]3OP(=O)([O-])OC[C@H]3O[C@@H](n4ccc(N)nc4=O)C[C@H]3O)[C@@H](CO)O2)c(=O)[nH]c1=O. The Morgan fingerprint density at radius 2 is 1.18 bits per heavy atom. The van der Waals surface area contributed by atoms with E-state index in [0.29, 0.717) is 5.75 Å². The largest absolute Gasteiger partial charge is 0.756 e. The zero-order valence-corrected chi connectivity index (χ0v) is 85.5. The molecule has 57 nitrogen and oxygen atoms in total. The highest BCUT2D eigenvalue weighted by Crippen LogP contribution is 2.53. The lowest BCUT2D eigenvalue weighted by Crippen LogP contribution is -2.70. The molecule has 13 heterocycles. The standard InChI is InChI=1S/C39H50N15O22P3.C33H43NO19PSi8/c1-16-8-52(39(60)50-35(16)57)27-5-18(21(9-55)70-27)74-78(63,64)68-12-24-20(7-29(73-24)54-15-46-31-34(54)48-37(42)49-36(31)58)76-79(65,66)69-11-23-19(6-28(72-23)53-14-45-30-32(41)43-13-44-33(30)53)75-77(61,62)67-10-22-17(56)4-26(71-22)51-3-2-25(40)47-38(51)59;1-39-31-13-9-29(10-14-31)33(28-7-3-2-4-8-28)30-11-15-32(16-12-30)40-21-6-23-42-54(38,41-22-5-17-34)43-27-58-45-56-47-60-48-59-46-55-44-57(24-18-35)49-61(51-59,25-19-36)53-62(50-58,52-60)26-20-37/h2-3,8,13-15,17-24,26-29,55-56H,4-7,9-12H2,1H3,(H,61,62)(H,63,64)(H,65,66)(H2,40,47,59)(H2,41,43,44)(H,50,57,60)(H3,42,48,49,58);2-4,7-16,35-37H,5-6,18-27H2,1H3/q;+1/p-3/t17-,18-,19-,20-,21-,22-,23-,24-,26-,27-,28-,29-;/m1./s1. The van der Waals surface area contributed by atoms with Gasteiger partial charge in [0.15, 0.2) is 22.6 Å². The fourth-order valence-corrected chi connectivity index (χ4v) is 41.3. The summed E-state index contributed by atoms with van der Waals surface area (Å²) in [5.74, 6) is 0.972.